The highest BCUT2D eigenvalue weighted by molar-refractivity contribution is 5.78. The number of rotatable bonds is 6. The van der Waals surface area contributed by atoms with Crippen LogP contribution in [-0.2, 0) is 21.6 Å². The Morgan fingerprint density at radius 2 is 1.65 bits per heavy atom. The van der Waals surface area contributed by atoms with E-state index >= 15 is 0 Å². The molecule has 0 saturated heterocycles. The van der Waals surface area contributed by atoms with Gasteiger partial charge in [0, 0.05) is 0 Å². The fourth-order valence-electron chi connectivity index (χ4n) is 6.93. The van der Waals surface area contributed by atoms with Crippen LogP contribution in [0.2, 0.25) is 0 Å². The number of methoxy groups -OCH3 is 2. The highest BCUT2D eigenvalue weighted by Crippen LogP contribution is 2.66. The van der Waals surface area contributed by atoms with Gasteiger partial charge in [0.05, 0.1) is 19.6 Å². The molecule has 4 bridgehead atoms. The summed E-state index contributed by atoms with van der Waals surface area (Å²) in [4.78, 5) is 13.5. The predicted molar refractivity (Wildman–Crippen MR) is 116 cm³/mol. The van der Waals surface area contributed by atoms with Gasteiger partial charge in [0.2, 0.25) is 0 Å². The van der Waals surface area contributed by atoms with Crippen molar-refractivity contribution in [2.75, 3.05) is 14.2 Å². The number of ether oxygens (including phenoxy) is 3. The van der Waals surface area contributed by atoms with Crippen molar-refractivity contribution in [1.29, 1.82) is 0 Å². The summed E-state index contributed by atoms with van der Waals surface area (Å²) >= 11 is 0. The summed E-state index contributed by atoms with van der Waals surface area (Å²) in [6.07, 6.45) is 6.23. The molecule has 31 heavy (non-hydrogen) atoms. The SMILES string of the molecule is COc1ccc(COC(=O)C23CC4CC(C2)CC(c2ccc(O)cc2)(C4)C3)cc1OC. The van der Waals surface area contributed by atoms with E-state index in [0.29, 0.717) is 23.3 Å². The van der Waals surface area contributed by atoms with Crippen molar-refractivity contribution < 1.29 is 24.1 Å². The minimum absolute atomic E-state index is 0.0279. The van der Waals surface area contributed by atoms with Gasteiger partial charge in [0.15, 0.2) is 11.5 Å². The van der Waals surface area contributed by atoms with Crippen LogP contribution in [0.3, 0.4) is 0 Å². The van der Waals surface area contributed by atoms with Crippen molar-refractivity contribution in [2.45, 2.75) is 50.5 Å². The maximum absolute atomic E-state index is 13.5. The molecule has 0 amide bonds. The second-order valence-corrected chi connectivity index (χ2v) is 9.83. The first-order valence-electron chi connectivity index (χ1n) is 11.1. The van der Waals surface area contributed by atoms with Crippen LogP contribution >= 0.6 is 0 Å². The molecule has 164 valence electrons. The third-order valence-corrected chi connectivity index (χ3v) is 7.79. The molecule has 4 saturated carbocycles. The van der Waals surface area contributed by atoms with Gasteiger partial charge in [-0.25, -0.2) is 0 Å². The molecule has 4 aliphatic carbocycles. The van der Waals surface area contributed by atoms with E-state index in [2.05, 4.69) is 0 Å². The standard InChI is InChI=1S/C26H30O5/c1-29-22-8-3-17(10-23(22)30-2)15-31-24(28)26-13-18-9-19(14-26)12-25(11-18,16-26)20-4-6-21(27)7-5-20/h3-8,10,18-19,27H,9,11-16H2,1-2H3. The van der Waals surface area contributed by atoms with Crippen molar-refractivity contribution in [3.05, 3.63) is 53.6 Å². The number of phenolic OH excluding ortho intramolecular Hbond substituents is 1. The van der Waals surface area contributed by atoms with Gasteiger partial charge in [-0.05, 0) is 91.2 Å². The van der Waals surface area contributed by atoms with Crippen LogP contribution in [0.1, 0.15) is 49.7 Å². The van der Waals surface area contributed by atoms with Crippen LogP contribution < -0.4 is 9.47 Å². The van der Waals surface area contributed by atoms with Crippen LogP contribution in [0, 0.1) is 17.3 Å². The lowest BCUT2D eigenvalue weighted by Gasteiger charge is -2.61. The van der Waals surface area contributed by atoms with Gasteiger partial charge in [-0.15, -0.1) is 0 Å². The van der Waals surface area contributed by atoms with E-state index in [1.807, 2.05) is 30.3 Å². The Morgan fingerprint density at radius 1 is 0.968 bits per heavy atom. The summed E-state index contributed by atoms with van der Waals surface area (Å²) in [5, 5.41) is 9.73. The van der Waals surface area contributed by atoms with Crippen LogP contribution in [0.5, 0.6) is 17.2 Å². The van der Waals surface area contributed by atoms with Crippen LogP contribution in [0.15, 0.2) is 42.5 Å². The summed E-state index contributed by atoms with van der Waals surface area (Å²) in [6, 6.07) is 13.3. The first kappa shape index (κ1) is 20.2. The van der Waals surface area contributed by atoms with E-state index in [9.17, 15) is 9.90 Å². The summed E-state index contributed by atoms with van der Waals surface area (Å²) < 4.78 is 16.6. The molecule has 6 rings (SSSR count). The number of hydrogen-bond acceptors (Lipinski definition) is 5. The molecule has 0 aliphatic heterocycles. The first-order valence-corrected chi connectivity index (χ1v) is 11.1. The van der Waals surface area contributed by atoms with E-state index in [4.69, 9.17) is 14.2 Å². The minimum atomic E-state index is -0.390. The second kappa shape index (κ2) is 7.47. The zero-order chi connectivity index (χ0) is 21.6. The number of carbonyl (C=O) groups excluding carboxylic acids is 1. The lowest BCUT2D eigenvalue weighted by atomic mass is 9.43. The van der Waals surface area contributed by atoms with E-state index in [0.717, 1.165) is 37.7 Å². The Labute approximate surface area is 183 Å². The Balaban J connectivity index is 1.36. The van der Waals surface area contributed by atoms with Gasteiger partial charge in [-0.1, -0.05) is 18.2 Å². The molecule has 0 radical (unpaired) electrons. The number of esters is 1. The van der Waals surface area contributed by atoms with Crippen molar-refractivity contribution >= 4 is 5.97 Å². The van der Waals surface area contributed by atoms with Crippen molar-refractivity contribution in [3.63, 3.8) is 0 Å². The van der Waals surface area contributed by atoms with Crippen molar-refractivity contribution in [3.8, 4) is 17.2 Å². The number of aromatic hydroxyl groups is 1. The van der Waals surface area contributed by atoms with E-state index in [1.165, 1.54) is 12.0 Å². The number of benzene rings is 2. The molecule has 4 fully saturated rings. The molecule has 2 aromatic rings. The second-order valence-electron chi connectivity index (χ2n) is 9.83. The largest absolute Gasteiger partial charge is 0.508 e. The predicted octanol–water partition coefficient (Wildman–Crippen LogP) is 4.99. The third-order valence-electron chi connectivity index (χ3n) is 7.79. The molecule has 4 aliphatic rings. The number of hydrogen-bond donors (Lipinski definition) is 1. The molecule has 1 N–H and O–H groups in total. The van der Waals surface area contributed by atoms with Gasteiger partial charge in [0.1, 0.15) is 12.4 Å². The van der Waals surface area contributed by atoms with E-state index < -0.39 is 5.41 Å². The first-order chi connectivity index (χ1) is 14.9. The van der Waals surface area contributed by atoms with Crippen molar-refractivity contribution in [2.24, 2.45) is 17.3 Å². The van der Waals surface area contributed by atoms with Gasteiger partial charge < -0.3 is 19.3 Å². The molecule has 2 atom stereocenters. The summed E-state index contributed by atoms with van der Waals surface area (Å²) in [5.74, 6) is 2.68. The highest BCUT2D eigenvalue weighted by atomic mass is 16.5. The van der Waals surface area contributed by atoms with E-state index in [-0.39, 0.29) is 23.7 Å². The van der Waals surface area contributed by atoms with Crippen LogP contribution in [0.4, 0.5) is 0 Å². The topological polar surface area (TPSA) is 65.0 Å². The molecular formula is C26H30O5. The minimum Gasteiger partial charge on any atom is -0.508 e. The maximum atomic E-state index is 13.5. The Morgan fingerprint density at radius 3 is 2.29 bits per heavy atom. The zero-order valence-electron chi connectivity index (χ0n) is 18.2. The molecule has 5 nitrogen and oxygen atoms in total. The normalized spacial score (nSPS) is 30.8. The fourth-order valence-corrected chi connectivity index (χ4v) is 6.93. The quantitative estimate of drug-likeness (QED) is 0.665. The summed E-state index contributed by atoms with van der Waals surface area (Å²) in [6.45, 7) is 0.239. The maximum Gasteiger partial charge on any atom is 0.312 e. The molecule has 0 aromatic heterocycles. The van der Waals surface area contributed by atoms with Gasteiger partial charge in [0.25, 0.3) is 0 Å². The van der Waals surface area contributed by atoms with Crippen molar-refractivity contribution in [1.82, 2.24) is 0 Å². The van der Waals surface area contributed by atoms with Gasteiger partial charge in [-0.2, -0.15) is 0 Å². The lowest BCUT2D eigenvalue weighted by Crippen LogP contribution is -2.57. The smallest absolute Gasteiger partial charge is 0.312 e. The van der Waals surface area contributed by atoms with Crippen LogP contribution in [-0.4, -0.2) is 25.3 Å². The Hall–Kier alpha value is -2.69. The molecular weight excluding hydrogens is 392 g/mol. The highest BCUT2D eigenvalue weighted by Gasteiger charge is 2.61. The third kappa shape index (κ3) is 3.44. The monoisotopic (exact) mass is 422 g/mol. The fraction of sp³-hybridized carbons (Fsp3) is 0.500. The van der Waals surface area contributed by atoms with E-state index in [1.54, 1.807) is 26.4 Å². The summed E-state index contributed by atoms with van der Waals surface area (Å²) in [7, 11) is 3.21. The average Bonchev–Trinajstić information content (AvgIpc) is 2.76. The molecule has 0 heterocycles. The number of phenols is 1. The molecule has 0 spiro atoms. The van der Waals surface area contributed by atoms with Gasteiger partial charge in [-0.3, -0.25) is 4.79 Å². The molecule has 2 aromatic carbocycles. The summed E-state index contributed by atoms with van der Waals surface area (Å²) in [5.41, 5.74) is 1.79. The molecule has 5 heteroatoms. The average molecular weight is 423 g/mol. The molecule has 2 unspecified atom stereocenters. The van der Waals surface area contributed by atoms with Gasteiger partial charge >= 0.3 is 5.97 Å². The number of carbonyl (C=O) groups is 1. The lowest BCUT2D eigenvalue weighted by molar-refractivity contribution is -0.175. The van der Waals surface area contributed by atoms with Crippen LogP contribution in [0.25, 0.3) is 0 Å². The zero-order valence-corrected chi connectivity index (χ0v) is 18.2. The Kier molecular flexibility index (Phi) is 4.87. The Bertz CT molecular complexity index is 966.